The second-order valence-corrected chi connectivity index (χ2v) is 9.02. The van der Waals surface area contributed by atoms with Gasteiger partial charge in [-0.1, -0.05) is 30.9 Å². The van der Waals surface area contributed by atoms with Crippen LogP contribution in [-0.2, 0) is 35.3 Å². The van der Waals surface area contributed by atoms with Crippen LogP contribution >= 0.6 is 11.6 Å². The van der Waals surface area contributed by atoms with E-state index in [9.17, 15) is 36.0 Å². The van der Waals surface area contributed by atoms with E-state index < -0.39 is 62.6 Å². The Morgan fingerprint density at radius 1 is 1.13 bits per heavy atom. The Labute approximate surface area is 181 Å². The van der Waals surface area contributed by atoms with Crippen molar-refractivity contribution in [2.75, 3.05) is 13.2 Å². The Kier molecular flexibility index (Phi) is 8.43. The van der Waals surface area contributed by atoms with E-state index in [1.165, 1.54) is 0 Å². The molecule has 1 aliphatic carbocycles. The number of carbonyl (C=O) groups excluding carboxylic acids is 3. The van der Waals surface area contributed by atoms with Crippen LogP contribution in [0, 0.1) is 5.92 Å². The van der Waals surface area contributed by atoms with Crippen molar-refractivity contribution in [3.63, 3.8) is 0 Å². The van der Waals surface area contributed by atoms with Gasteiger partial charge in [0.25, 0.3) is 5.91 Å². The van der Waals surface area contributed by atoms with Crippen molar-refractivity contribution in [1.29, 1.82) is 0 Å². The molecule has 2 N–H and O–H groups in total. The Bertz CT molecular complexity index is 946. The summed E-state index contributed by atoms with van der Waals surface area (Å²) in [6.07, 6.45) is -0.667. The average Bonchev–Trinajstić information content (AvgIpc) is 2.70. The smallest absolute Gasteiger partial charge is 0.416 e. The summed E-state index contributed by atoms with van der Waals surface area (Å²) in [6.45, 7) is -1.78. The molecule has 31 heavy (non-hydrogen) atoms. The molecule has 13 heteroatoms. The Morgan fingerprint density at radius 2 is 1.77 bits per heavy atom. The quantitative estimate of drug-likeness (QED) is 0.574. The van der Waals surface area contributed by atoms with Gasteiger partial charge in [-0.3, -0.25) is 19.7 Å². The van der Waals surface area contributed by atoms with Crippen molar-refractivity contribution in [3.05, 3.63) is 28.8 Å². The fraction of sp³-hybridized carbons (Fsp3) is 0.500. The van der Waals surface area contributed by atoms with Crippen molar-refractivity contribution in [2.45, 2.75) is 43.2 Å². The van der Waals surface area contributed by atoms with Gasteiger partial charge >= 0.3 is 12.1 Å². The number of benzene rings is 1. The monoisotopic (exact) mass is 484 g/mol. The number of carbonyl (C=O) groups is 3. The van der Waals surface area contributed by atoms with Crippen LogP contribution in [-0.4, -0.2) is 39.4 Å². The molecular formula is C18H20ClF3N2O6S. The molecule has 0 bridgehead atoms. The summed E-state index contributed by atoms with van der Waals surface area (Å²) >= 11 is 5.67. The fourth-order valence-corrected chi connectivity index (χ4v) is 4.45. The third-order valence-electron chi connectivity index (χ3n) is 4.56. The number of hydrogen-bond donors (Lipinski definition) is 2. The minimum atomic E-state index is -4.80. The van der Waals surface area contributed by atoms with Crippen molar-refractivity contribution >= 4 is 39.4 Å². The Hall–Kier alpha value is -2.18. The van der Waals surface area contributed by atoms with Crippen LogP contribution in [0.4, 0.5) is 13.2 Å². The molecule has 1 saturated carbocycles. The predicted molar refractivity (Wildman–Crippen MR) is 102 cm³/mol. The number of rotatable bonds is 7. The van der Waals surface area contributed by atoms with Crippen molar-refractivity contribution in [1.82, 2.24) is 10.0 Å². The zero-order valence-electron chi connectivity index (χ0n) is 16.1. The summed E-state index contributed by atoms with van der Waals surface area (Å²) in [5.74, 6) is -2.78. The summed E-state index contributed by atoms with van der Waals surface area (Å²) in [5, 5.41) is 1.64. The third kappa shape index (κ3) is 7.47. The number of esters is 1. The molecule has 1 fully saturated rings. The third-order valence-corrected chi connectivity index (χ3v) is 6.44. The summed E-state index contributed by atoms with van der Waals surface area (Å²) in [4.78, 5) is 34.5. The van der Waals surface area contributed by atoms with Gasteiger partial charge in [0.15, 0.2) is 6.61 Å². The molecule has 1 aromatic rings. The lowest BCUT2D eigenvalue weighted by Gasteiger charge is -2.20. The molecule has 0 aliphatic heterocycles. The van der Waals surface area contributed by atoms with Gasteiger partial charge in [-0.2, -0.15) is 17.9 Å². The molecule has 1 aromatic carbocycles. The fourth-order valence-electron chi connectivity index (χ4n) is 2.95. The number of nitrogens with one attached hydrogen (secondary N) is 2. The van der Waals surface area contributed by atoms with E-state index in [-0.39, 0.29) is 5.92 Å². The van der Waals surface area contributed by atoms with E-state index >= 15 is 0 Å². The van der Waals surface area contributed by atoms with Gasteiger partial charge in [0.2, 0.25) is 15.9 Å². The topological polar surface area (TPSA) is 119 Å². The second-order valence-electron chi connectivity index (χ2n) is 6.88. The van der Waals surface area contributed by atoms with Gasteiger partial charge in [-0.05, 0) is 31.0 Å². The van der Waals surface area contributed by atoms with Crippen LogP contribution in [0.5, 0.6) is 0 Å². The molecule has 0 aromatic heterocycles. The van der Waals surface area contributed by atoms with Gasteiger partial charge in [-0.25, -0.2) is 8.42 Å². The van der Waals surface area contributed by atoms with Gasteiger partial charge < -0.3 is 4.74 Å². The molecule has 0 heterocycles. The normalized spacial score (nSPS) is 15.4. The van der Waals surface area contributed by atoms with Crippen molar-refractivity contribution in [3.8, 4) is 0 Å². The number of halogens is 4. The van der Waals surface area contributed by atoms with Gasteiger partial charge in [0, 0.05) is 5.92 Å². The minimum Gasteiger partial charge on any atom is -0.455 e. The molecule has 0 spiro atoms. The summed E-state index contributed by atoms with van der Waals surface area (Å²) in [6, 6.07) is 1.72. The van der Waals surface area contributed by atoms with Crippen molar-refractivity contribution in [2.24, 2.45) is 5.92 Å². The first-order valence-corrected chi connectivity index (χ1v) is 11.1. The highest BCUT2D eigenvalue weighted by Crippen LogP contribution is 2.33. The minimum absolute atomic E-state index is 0.280. The summed E-state index contributed by atoms with van der Waals surface area (Å²) in [5.41, 5.74) is -1.24. The van der Waals surface area contributed by atoms with E-state index in [1.807, 2.05) is 0 Å². The first-order chi connectivity index (χ1) is 14.4. The number of sulfonamides is 1. The molecule has 0 saturated heterocycles. The predicted octanol–water partition coefficient (Wildman–Crippen LogP) is 2.40. The SMILES string of the molecule is O=C(COC(=O)CNS(=O)(=O)c1cc(C(F)(F)F)ccc1Cl)NC(=O)C1CCCCC1. The van der Waals surface area contributed by atoms with E-state index in [4.69, 9.17) is 11.6 Å². The lowest BCUT2D eigenvalue weighted by Crippen LogP contribution is -2.39. The zero-order chi connectivity index (χ0) is 23.2. The Morgan fingerprint density at radius 3 is 2.39 bits per heavy atom. The zero-order valence-corrected chi connectivity index (χ0v) is 17.7. The average molecular weight is 485 g/mol. The second kappa shape index (κ2) is 10.4. The highest BCUT2D eigenvalue weighted by Gasteiger charge is 2.33. The molecule has 1 aliphatic rings. The highest BCUT2D eigenvalue weighted by atomic mass is 35.5. The Balaban J connectivity index is 1.86. The molecule has 2 amide bonds. The van der Waals surface area contributed by atoms with Gasteiger partial charge in [-0.15, -0.1) is 0 Å². The molecular weight excluding hydrogens is 465 g/mol. The van der Waals surface area contributed by atoms with Crippen molar-refractivity contribution < 1.29 is 40.7 Å². The van der Waals surface area contributed by atoms with Gasteiger partial charge in [0.1, 0.15) is 11.4 Å². The van der Waals surface area contributed by atoms with Crippen LogP contribution < -0.4 is 10.0 Å². The number of alkyl halides is 3. The van der Waals surface area contributed by atoms with E-state index in [1.54, 1.807) is 4.72 Å². The van der Waals surface area contributed by atoms with Crippen LogP contribution in [0.3, 0.4) is 0 Å². The number of imide groups is 1. The number of ether oxygens (including phenoxy) is 1. The molecule has 0 atom stereocenters. The lowest BCUT2D eigenvalue weighted by atomic mass is 9.89. The molecule has 172 valence electrons. The largest absolute Gasteiger partial charge is 0.455 e. The van der Waals surface area contributed by atoms with E-state index in [0.29, 0.717) is 25.0 Å². The van der Waals surface area contributed by atoms with E-state index in [0.717, 1.165) is 25.3 Å². The maximum atomic E-state index is 12.8. The van der Waals surface area contributed by atoms with Crippen LogP contribution in [0.25, 0.3) is 0 Å². The first kappa shape index (κ1) is 25.1. The summed E-state index contributed by atoms with van der Waals surface area (Å²) in [7, 11) is -4.58. The molecule has 2 rings (SSSR count). The lowest BCUT2D eigenvalue weighted by molar-refractivity contribution is -0.149. The standard InChI is InChI=1S/C18H20ClF3N2O6S/c19-13-7-6-12(18(20,21)22)8-14(13)31(28,29)23-9-16(26)30-10-15(25)24-17(27)11-4-2-1-3-5-11/h6-8,11,23H,1-5,9-10H2,(H,24,25,27). The maximum Gasteiger partial charge on any atom is 0.416 e. The molecule has 0 radical (unpaired) electrons. The first-order valence-electron chi connectivity index (χ1n) is 9.26. The van der Waals surface area contributed by atoms with Crippen LogP contribution in [0.1, 0.15) is 37.7 Å². The molecule has 8 nitrogen and oxygen atoms in total. The van der Waals surface area contributed by atoms with Gasteiger partial charge in [0.05, 0.1) is 10.6 Å². The highest BCUT2D eigenvalue weighted by molar-refractivity contribution is 7.89. The maximum absolute atomic E-state index is 12.8. The van der Waals surface area contributed by atoms with E-state index in [2.05, 4.69) is 10.1 Å². The molecule has 0 unspecified atom stereocenters. The summed E-state index contributed by atoms with van der Waals surface area (Å²) < 4.78 is 69.1. The number of hydrogen-bond acceptors (Lipinski definition) is 6. The van der Waals surface area contributed by atoms with Crippen LogP contribution in [0.15, 0.2) is 23.1 Å². The number of amides is 2. The van der Waals surface area contributed by atoms with Crippen LogP contribution in [0.2, 0.25) is 5.02 Å².